The molecule has 0 saturated heterocycles. The molecule has 0 amide bonds. The highest BCUT2D eigenvalue weighted by atomic mass is 35.5. The third kappa shape index (κ3) is 3.04. The Balaban J connectivity index is 2.77. The number of hydrogen-bond acceptors (Lipinski definition) is 5. The molecule has 2 aromatic rings. The Bertz CT molecular complexity index is 788. The Morgan fingerprint density at radius 2 is 2.18 bits per heavy atom. The number of nitro benzene ring substituents is 1. The van der Waals surface area contributed by atoms with Crippen molar-refractivity contribution in [3.05, 3.63) is 44.5 Å². The summed E-state index contributed by atoms with van der Waals surface area (Å²) in [5.41, 5.74) is -1.28. The largest absolute Gasteiger partial charge is 0.383 e. The van der Waals surface area contributed by atoms with Crippen LogP contribution in [0.5, 0.6) is 0 Å². The first kappa shape index (κ1) is 16.2. The number of methoxy groups -OCH3 is 1. The van der Waals surface area contributed by atoms with E-state index in [0.717, 1.165) is 18.2 Å². The molecule has 0 saturated carbocycles. The van der Waals surface area contributed by atoms with E-state index in [0.29, 0.717) is 4.57 Å². The van der Waals surface area contributed by atoms with Gasteiger partial charge >= 0.3 is 5.38 Å². The topological polar surface area (TPSA) is 87.3 Å². The van der Waals surface area contributed by atoms with E-state index < -0.39 is 21.7 Å². The Kier molecular flexibility index (Phi) is 4.38. The summed E-state index contributed by atoms with van der Waals surface area (Å²) in [6.45, 7) is -0.236. The van der Waals surface area contributed by atoms with E-state index in [1.165, 1.54) is 7.11 Å². The summed E-state index contributed by atoms with van der Waals surface area (Å²) in [6, 6.07) is 3.19. The molecule has 0 bridgehead atoms. The van der Waals surface area contributed by atoms with Gasteiger partial charge in [0, 0.05) is 19.2 Å². The van der Waals surface area contributed by atoms with Crippen molar-refractivity contribution in [3.63, 3.8) is 0 Å². The number of halogens is 3. The summed E-state index contributed by atoms with van der Waals surface area (Å²) >= 11 is 4.99. The molecule has 1 heterocycles. The van der Waals surface area contributed by atoms with Crippen LogP contribution in [0.15, 0.2) is 23.0 Å². The Morgan fingerprint density at radius 3 is 2.73 bits per heavy atom. The lowest BCUT2D eigenvalue weighted by molar-refractivity contribution is -0.384. The van der Waals surface area contributed by atoms with Gasteiger partial charge in [0.15, 0.2) is 5.82 Å². The lowest BCUT2D eigenvalue weighted by Gasteiger charge is -2.16. The number of alkyl halides is 3. The molecule has 2 rings (SSSR count). The van der Waals surface area contributed by atoms with Crippen molar-refractivity contribution in [3.8, 4) is 0 Å². The third-order valence-electron chi connectivity index (χ3n) is 2.92. The summed E-state index contributed by atoms with van der Waals surface area (Å²) < 4.78 is 32.3. The fourth-order valence-corrected chi connectivity index (χ4v) is 2.07. The van der Waals surface area contributed by atoms with Gasteiger partial charge in [-0.15, -0.1) is 0 Å². The van der Waals surface area contributed by atoms with Crippen LogP contribution in [-0.4, -0.2) is 28.2 Å². The molecule has 0 N–H and O–H groups in total. The first-order valence-electron chi connectivity index (χ1n) is 6.01. The monoisotopic (exact) mass is 333 g/mol. The van der Waals surface area contributed by atoms with Crippen LogP contribution in [0, 0.1) is 10.1 Å². The maximum atomic E-state index is 13.5. The number of aromatic nitrogens is 2. The number of ether oxygens (including phenoxy) is 1. The van der Waals surface area contributed by atoms with Gasteiger partial charge in [-0.3, -0.25) is 19.5 Å². The van der Waals surface area contributed by atoms with E-state index in [4.69, 9.17) is 16.3 Å². The van der Waals surface area contributed by atoms with Crippen molar-refractivity contribution in [1.82, 2.24) is 9.55 Å². The number of hydrogen-bond donors (Lipinski definition) is 0. The third-order valence-corrected chi connectivity index (χ3v) is 3.09. The van der Waals surface area contributed by atoms with Crippen LogP contribution >= 0.6 is 11.6 Å². The molecule has 0 aliphatic carbocycles. The molecule has 0 fully saturated rings. The highest BCUT2D eigenvalue weighted by Crippen LogP contribution is 2.31. The molecule has 1 aromatic heterocycles. The van der Waals surface area contributed by atoms with Crippen molar-refractivity contribution in [2.75, 3.05) is 13.7 Å². The summed E-state index contributed by atoms with van der Waals surface area (Å²) in [6.07, 6.45) is 0. The Hall–Kier alpha value is -2.13. The Labute approximate surface area is 127 Å². The van der Waals surface area contributed by atoms with E-state index in [-0.39, 0.29) is 29.7 Å². The quantitative estimate of drug-likeness (QED) is 0.476. The van der Waals surface area contributed by atoms with Crippen molar-refractivity contribution >= 4 is 28.2 Å². The highest BCUT2D eigenvalue weighted by Gasteiger charge is 2.34. The molecule has 0 spiro atoms. The summed E-state index contributed by atoms with van der Waals surface area (Å²) in [5.74, 6) is -0.933. The van der Waals surface area contributed by atoms with Gasteiger partial charge in [-0.2, -0.15) is 8.78 Å². The van der Waals surface area contributed by atoms with Gasteiger partial charge in [-0.25, -0.2) is 4.98 Å². The van der Waals surface area contributed by atoms with E-state index in [1.54, 1.807) is 0 Å². The number of nitro groups is 1. The standard InChI is InChI=1S/C12H10ClF2N3O4/c1-22-5-4-17-10(19)8-6-7(18(20)21)2-3-9(8)16-11(17)12(13,14)15/h2-3,6H,4-5H2,1H3. The average Bonchev–Trinajstić information content (AvgIpc) is 2.44. The maximum Gasteiger partial charge on any atom is 0.380 e. The number of non-ortho nitro benzene ring substituents is 1. The summed E-state index contributed by atoms with van der Waals surface area (Å²) in [7, 11) is 1.34. The van der Waals surface area contributed by atoms with Crippen LogP contribution in [0.3, 0.4) is 0 Å². The second kappa shape index (κ2) is 5.93. The van der Waals surface area contributed by atoms with Crippen molar-refractivity contribution in [1.29, 1.82) is 0 Å². The van der Waals surface area contributed by atoms with Gasteiger partial charge in [0.25, 0.3) is 11.2 Å². The van der Waals surface area contributed by atoms with Crippen molar-refractivity contribution in [2.24, 2.45) is 0 Å². The molecule has 0 unspecified atom stereocenters. The summed E-state index contributed by atoms with van der Waals surface area (Å²) in [5, 5.41) is 6.75. The normalized spacial score (nSPS) is 11.8. The van der Waals surface area contributed by atoms with Gasteiger partial charge in [-0.1, -0.05) is 0 Å². The number of benzene rings is 1. The fourth-order valence-electron chi connectivity index (χ4n) is 1.93. The van der Waals surface area contributed by atoms with Gasteiger partial charge in [0.05, 0.1) is 29.0 Å². The van der Waals surface area contributed by atoms with Crippen LogP contribution in [0.1, 0.15) is 5.82 Å². The van der Waals surface area contributed by atoms with E-state index >= 15 is 0 Å². The SMILES string of the molecule is COCCn1c(C(F)(F)Cl)nc2ccc([N+](=O)[O-])cc2c1=O. The highest BCUT2D eigenvalue weighted by molar-refractivity contribution is 6.21. The summed E-state index contributed by atoms with van der Waals surface area (Å²) in [4.78, 5) is 26.1. The Morgan fingerprint density at radius 1 is 1.50 bits per heavy atom. The molecule has 0 atom stereocenters. The fraction of sp³-hybridized carbons (Fsp3) is 0.333. The van der Waals surface area contributed by atoms with Gasteiger partial charge in [-0.05, 0) is 17.7 Å². The van der Waals surface area contributed by atoms with E-state index in [9.17, 15) is 23.7 Å². The lowest BCUT2D eigenvalue weighted by atomic mass is 10.2. The minimum Gasteiger partial charge on any atom is -0.383 e. The first-order valence-corrected chi connectivity index (χ1v) is 6.38. The molecular formula is C12H10ClF2N3O4. The van der Waals surface area contributed by atoms with Gasteiger partial charge in [0.2, 0.25) is 0 Å². The predicted octanol–water partition coefficient (Wildman–Crippen LogP) is 2.24. The van der Waals surface area contributed by atoms with Crippen LogP contribution in [-0.2, 0) is 16.7 Å². The van der Waals surface area contributed by atoms with Crippen LogP contribution in [0.25, 0.3) is 10.9 Å². The zero-order valence-electron chi connectivity index (χ0n) is 11.3. The zero-order valence-corrected chi connectivity index (χ0v) is 12.0. The van der Waals surface area contributed by atoms with Gasteiger partial charge < -0.3 is 4.74 Å². The van der Waals surface area contributed by atoms with E-state index in [2.05, 4.69) is 4.98 Å². The zero-order chi connectivity index (χ0) is 16.5. The molecular weight excluding hydrogens is 324 g/mol. The lowest BCUT2D eigenvalue weighted by Crippen LogP contribution is -2.31. The molecule has 22 heavy (non-hydrogen) atoms. The predicted molar refractivity (Wildman–Crippen MR) is 74.3 cm³/mol. The molecule has 0 aliphatic heterocycles. The van der Waals surface area contributed by atoms with Crippen LogP contribution < -0.4 is 5.56 Å². The number of fused-ring (bicyclic) bond motifs is 1. The molecule has 7 nitrogen and oxygen atoms in total. The first-order chi connectivity index (χ1) is 10.3. The maximum absolute atomic E-state index is 13.5. The van der Waals surface area contributed by atoms with E-state index in [1.807, 2.05) is 0 Å². The van der Waals surface area contributed by atoms with Crippen molar-refractivity contribution < 1.29 is 18.4 Å². The number of rotatable bonds is 5. The minimum atomic E-state index is -3.86. The number of nitrogens with zero attached hydrogens (tertiary/aromatic N) is 3. The molecule has 10 heteroatoms. The van der Waals surface area contributed by atoms with Crippen molar-refractivity contribution in [2.45, 2.75) is 11.9 Å². The molecule has 1 aromatic carbocycles. The molecule has 118 valence electrons. The second-order valence-electron chi connectivity index (χ2n) is 4.34. The van der Waals surface area contributed by atoms with Crippen LogP contribution in [0.4, 0.5) is 14.5 Å². The average molecular weight is 334 g/mol. The minimum absolute atomic E-state index is 0.0258. The van der Waals surface area contributed by atoms with Crippen LogP contribution in [0.2, 0.25) is 0 Å². The molecule has 0 radical (unpaired) electrons. The second-order valence-corrected chi connectivity index (χ2v) is 4.82. The smallest absolute Gasteiger partial charge is 0.380 e. The molecule has 0 aliphatic rings. The van der Waals surface area contributed by atoms with Gasteiger partial charge in [0.1, 0.15) is 0 Å².